The van der Waals surface area contributed by atoms with Gasteiger partial charge in [-0.3, -0.25) is 0 Å². The zero-order valence-corrected chi connectivity index (χ0v) is 17.3. The number of halogens is 2. The number of imidazole rings is 2. The summed E-state index contributed by atoms with van der Waals surface area (Å²) in [7, 11) is 0. The fraction of sp³-hybridized carbons (Fsp3) is 0.600. The van der Waals surface area contributed by atoms with E-state index >= 15 is 0 Å². The van der Waals surface area contributed by atoms with E-state index in [0.717, 1.165) is 19.8 Å². The fourth-order valence-electron chi connectivity index (χ4n) is 2.18. The van der Waals surface area contributed by atoms with E-state index in [-0.39, 0.29) is 48.0 Å². The monoisotopic (exact) mass is 516 g/mol. The van der Waals surface area contributed by atoms with E-state index in [9.17, 15) is 0 Å². The van der Waals surface area contributed by atoms with Gasteiger partial charge in [0.2, 0.25) is 19.3 Å². The highest BCUT2D eigenvalue weighted by atomic mass is 127. The van der Waals surface area contributed by atoms with Crippen molar-refractivity contribution in [2.75, 3.05) is 0 Å². The van der Waals surface area contributed by atoms with Crippen LogP contribution in [-0.2, 0) is 19.8 Å². The lowest BCUT2D eigenvalue weighted by molar-refractivity contribution is -0.912. The van der Waals surface area contributed by atoms with Crippen LogP contribution in [-0.4, -0.2) is 9.13 Å². The molecule has 0 radical (unpaired) electrons. The van der Waals surface area contributed by atoms with Gasteiger partial charge in [-0.05, 0) is 12.8 Å². The Morgan fingerprint density at radius 1 is 0.762 bits per heavy atom. The molecule has 6 heteroatoms. The van der Waals surface area contributed by atoms with Gasteiger partial charge in [-0.2, -0.15) is 9.13 Å². The van der Waals surface area contributed by atoms with Crippen LogP contribution >= 0.6 is 0 Å². The first kappa shape index (κ1) is 20.9. The minimum absolute atomic E-state index is 0. The van der Waals surface area contributed by atoms with E-state index in [1.54, 1.807) is 0 Å². The Morgan fingerprint density at radius 3 is 1.57 bits per heavy atom. The van der Waals surface area contributed by atoms with E-state index in [0.29, 0.717) is 0 Å². The van der Waals surface area contributed by atoms with Gasteiger partial charge in [-0.1, -0.05) is 26.7 Å². The van der Waals surface area contributed by atoms with Gasteiger partial charge in [0.1, 0.15) is 24.8 Å². The molecule has 0 N–H and O–H groups in total. The average molecular weight is 516 g/mol. The molecule has 0 aromatic carbocycles. The normalized spacial score (nSPS) is 10.0. The summed E-state index contributed by atoms with van der Waals surface area (Å²) in [5, 5.41) is 0. The van der Waals surface area contributed by atoms with Crippen LogP contribution < -0.4 is 57.1 Å². The molecule has 0 atom stereocenters. The van der Waals surface area contributed by atoms with Crippen LogP contribution in [0.5, 0.6) is 0 Å². The topological polar surface area (TPSA) is 17.6 Å². The van der Waals surface area contributed by atoms with Crippen molar-refractivity contribution in [3.63, 3.8) is 0 Å². The Labute approximate surface area is 162 Å². The lowest BCUT2D eigenvalue weighted by Crippen LogP contribution is -3.00. The van der Waals surface area contributed by atoms with E-state index in [2.05, 4.69) is 69.6 Å². The first-order chi connectivity index (χ1) is 9.31. The second-order valence-corrected chi connectivity index (χ2v) is 5.18. The van der Waals surface area contributed by atoms with Crippen LogP contribution in [0.4, 0.5) is 0 Å². The standard InChI is InChI=1S/C15H26N4.2HI/c1-3-5-7-16-9-11-18(13-16)15-19-12-10-17(14-19)8-6-4-2;;/h9-14H,3-8,15H2,1-2H3;2*1H/q+2;;/p-2. The van der Waals surface area contributed by atoms with Crippen LogP contribution in [0.1, 0.15) is 39.5 Å². The summed E-state index contributed by atoms with van der Waals surface area (Å²) in [6, 6.07) is 0. The molecule has 120 valence electrons. The predicted molar refractivity (Wildman–Crippen MR) is 74.5 cm³/mol. The van der Waals surface area contributed by atoms with Gasteiger partial charge >= 0.3 is 0 Å². The lowest BCUT2D eigenvalue weighted by atomic mass is 10.3. The molecular formula is C15H26I2N4. The number of aromatic nitrogens is 4. The number of hydrogen-bond acceptors (Lipinski definition) is 0. The molecule has 0 aliphatic heterocycles. The van der Waals surface area contributed by atoms with Crippen LogP contribution in [0, 0.1) is 0 Å². The molecule has 2 aromatic heterocycles. The minimum atomic E-state index is 0. The molecule has 21 heavy (non-hydrogen) atoms. The lowest BCUT2D eigenvalue weighted by Gasteiger charge is -1.94. The molecule has 0 unspecified atom stereocenters. The smallest absolute Gasteiger partial charge is 0.246 e. The maximum atomic E-state index is 2.26. The second-order valence-electron chi connectivity index (χ2n) is 5.18. The average Bonchev–Trinajstić information content (AvgIpc) is 3.04. The van der Waals surface area contributed by atoms with Gasteiger partial charge in [0, 0.05) is 0 Å². The van der Waals surface area contributed by atoms with Crippen molar-refractivity contribution in [1.29, 1.82) is 0 Å². The molecule has 0 aliphatic rings. The Morgan fingerprint density at radius 2 is 1.19 bits per heavy atom. The first-order valence-electron chi connectivity index (χ1n) is 7.41. The summed E-state index contributed by atoms with van der Waals surface area (Å²) < 4.78 is 8.97. The summed E-state index contributed by atoms with van der Waals surface area (Å²) >= 11 is 0. The van der Waals surface area contributed by atoms with Crippen molar-refractivity contribution in [3.8, 4) is 0 Å². The highest BCUT2D eigenvalue weighted by Gasteiger charge is 2.08. The molecule has 0 spiro atoms. The second kappa shape index (κ2) is 11.4. The predicted octanol–water partition coefficient (Wildman–Crippen LogP) is -4.02. The van der Waals surface area contributed by atoms with Crippen LogP contribution in [0.2, 0.25) is 0 Å². The Hall–Kier alpha value is -0.120. The molecule has 0 amide bonds. The first-order valence-corrected chi connectivity index (χ1v) is 7.41. The number of aryl methyl sites for hydroxylation is 2. The summed E-state index contributed by atoms with van der Waals surface area (Å²) in [5.74, 6) is 0. The Kier molecular flexibility index (Phi) is 11.4. The van der Waals surface area contributed by atoms with E-state index < -0.39 is 0 Å². The molecule has 0 bridgehead atoms. The van der Waals surface area contributed by atoms with Crippen LogP contribution in [0.3, 0.4) is 0 Å². The number of nitrogens with zero attached hydrogens (tertiary/aromatic N) is 4. The van der Waals surface area contributed by atoms with Gasteiger partial charge < -0.3 is 48.0 Å². The van der Waals surface area contributed by atoms with Gasteiger partial charge in [0.15, 0.2) is 0 Å². The van der Waals surface area contributed by atoms with Gasteiger partial charge in [0.25, 0.3) is 0 Å². The molecule has 2 rings (SSSR count). The maximum absolute atomic E-state index is 2.26. The third-order valence-electron chi connectivity index (χ3n) is 3.36. The molecular weight excluding hydrogens is 490 g/mol. The molecule has 0 fully saturated rings. The van der Waals surface area contributed by atoms with Crippen LogP contribution in [0.15, 0.2) is 37.4 Å². The van der Waals surface area contributed by atoms with E-state index in [1.165, 1.54) is 25.7 Å². The highest BCUT2D eigenvalue weighted by Crippen LogP contribution is 1.94. The summed E-state index contributed by atoms with van der Waals surface area (Å²) in [5.41, 5.74) is 0. The van der Waals surface area contributed by atoms with Crippen molar-refractivity contribution in [2.24, 2.45) is 0 Å². The molecule has 0 saturated heterocycles. The van der Waals surface area contributed by atoms with Crippen molar-refractivity contribution >= 4 is 0 Å². The van der Waals surface area contributed by atoms with Crippen LogP contribution in [0.25, 0.3) is 0 Å². The number of rotatable bonds is 8. The van der Waals surface area contributed by atoms with E-state index in [1.807, 2.05) is 0 Å². The molecule has 2 aromatic rings. The van der Waals surface area contributed by atoms with Gasteiger partial charge in [-0.15, -0.1) is 0 Å². The van der Waals surface area contributed by atoms with Crippen molar-refractivity contribution in [3.05, 3.63) is 37.4 Å². The van der Waals surface area contributed by atoms with E-state index in [4.69, 9.17) is 0 Å². The third-order valence-corrected chi connectivity index (χ3v) is 3.36. The van der Waals surface area contributed by atoms with Crippen molar-refractivity contribution in [1.82, 2.24) is 9.13 Å². The molecule has 0 saturated carbocycles. The number of unbranched alkanes of at least 4 members (excludes halogenated alkanes) is 2. The summed E-state index contributed by atoms with van der Waals surface area (Å²) in [4.78, 5) is 0. The van der Waals surface area contributed by atoms with Crippen molar-refractivity contribution < 1.29 is 57.1 Å². The van der Waals surface area contributed by atoms with Gasteiger partial charge in [-0.25, -0.2) is 9.13 Å². The molecule has 2 heterocycles. The minimum Gasteiger partial charge on any atom is -1.00 e. The summed E-state index contributed by atoms with van der Waals surface area (Å²) in [6.07, 6.45) is 18.0. The SMILES string of the molecule is CCCCn1cc[n+](C[n+]2ccn(CCCC)c2)c1.[I-].[I-]. The maximum Gasteiger partial charge on any atom is 0.246 e. The molecule has 0 aliphatic carbocycles. The summed E-state index contributed by atoms with van der Waals surface area (Å²) in [6.45, 7) is 7.58. The largest absolute Gasteiger partial charge is 1.00 e. The Balaban J connectivity index is 0.00000200. The van der Waals surface area contributed by atoms with Gasteiger partial charge in [0.05, 0.1) is 13.1 Å². The van der Waals surface area contributed by atoms with Crippen molar-refractivity contribution in [2.45, 2.75) is 59.3 Å². The quantitative estimate of drug-likeness (QED) is 0.252. The fourth-order valence-corrected chi connectivity index (χ4v) is 2.18. The zero-order valence-electron chi connectivity index (χ0n) is 13.0. The highest BCUT2D eigenvalue weighted by molar-refractivity contribution is 4.67. The third kappa shape index (κ3) is 7.12. The zero-order chi connectivity index (χ0) is 13.5. The molecule has 4 nitrogen and oxygen atoms in total. The Bertz CT molecular complexity index is 449. The number of hydrogen-bond donors (Lipinski definition) is 0.